The van der Waals surface area contributed by atoms with E-state index in [1.807, 2.05) is 23.5 Å². The summed E-state index contributed by atoms with van der Waals surface area (Å²) in [5.74, 6) is 1.55. The first-order valence-electron chi connectivity index (χ1n) is 14.1. The number of carbonyl (C=O) groups excluding carboxylic acids is 1. The number of carbonyl (C=O) groups is 1. The molecule has 0 aliphatic carbocycles. The van der Waals surface area contributed by atoms with Crippen molar-refractivity contribution in [2.75, 3.05) is 32.8 Å². The quantitative estimate of drug-likeness (QED) is 0.177. The Bertz CT molecular complexity index is 1340. The molecule has 0 unspecified atom stereocenters. The van der Waals surface area contributed by atoms with E-state index >= 15 is 0 Å². The first kappa shape index (κ1) is 27.2. The predicted octanol–water partition coefficient (Wildman–Crippen LogP) is 6.86. The smallest absolute Gasteiger partial charge is 0.217 e. The normalized spacial score (nSPS) is 13.6. The van der Waals surface area contributed by atoms with Gasteiger partial charge in [-0.15, -0.1) is 11.3 Å². The maximum atomic E-state index is 10.9. The summed E-state index contributed by atoms with van der Waals surface area (Å²) in [4.78, 5) is 14.7. The Labute approximate surface area is 235 Å². The molecule has 1 aliphatic heterocycles. The van der Waals surface area contributed by atoms with Crippen molar-refractivity contribution in [3.8, 4) is 21.9 Å². The summed E-state index contributed by atoms with van der Waals surface area (Å²) in [5.41, 5.74) is 9.14. The van der Waals surface area contributed by atoms with Gasteiger partial charge in [0.05, 0.1) is 6.61 Å². The van der Waals surface area contributed by atoms with Crippen LogP contribution in [0.5, 0.6) is 11.5 Å². The van der Waals surface area contributed by atoms with E-state index in [-0.39, 0.29) is 5.91 Å². The average Bonchev–Trinajstić information content (AvgIpc) is 3.61. The molecule has 1 saturated heterocycles. The first-order valence-corrected chi connectivity index (χ1v) is 14.9. The first-order chi connectivity index (χ1) is 19.2. The summed E-state index contributed by atoms with van der Waals surface area (Å²) in [6, 6.07) is 25.7. The zero-order chi connectivity index (χ0) is 26.9. The second-order valence-electron chi connectivity index (χ2n) is 10.2. The van der Waals surface area contributed by atoms with Crippen molar-refractivity contribution >= 4 is 27.3 Å². The molecule has 5 rings (SSSR count). The summed E-state index contributed by atoms with van der Waals surface area (Å²) in [7, 11) is 0. The average molecular weight is 543 g/mol. The topological polar surface area (TPSA) is 64.8 Å². The molecule has 1 fully saturated rings. The van der Waals surface area contributed by atoms with Gasteiger partial charge in [-0.25, -0.2) is 0 Å². The number of unbranched alkanes of at least 4 members (excludes halogenated alkanes) is 1. The molecule has 1 aromatic heterocycles. The van der Waals surface area contributed by atoms with E-state index < -0.39 is 0 Å². The van der Waals surface area contributed by atoms with E-state index in [4.69, 9.17) is 15.2 Å². The van der Waals surface area contributed by atoms with Gasteiger partial charge in [0.1, 0.15) is 18.1 Å². The van der Waals surface area contributed by atoms with Crippen LogP contribution in [0.3, 0.4) is 0 Å². The number of likely N-dealkylation sites (tertiary alicyclic amines) is 1. The summed E-state index contributed by atoms with van der Waals surface area (Å²) in [6.45, 7) is 4.75. The lowest BCUT2D eigenvalue weighted by Gasteiger charge is -2.15. The SMILES string of the molecule is NC(=O)CCCCOc1ccc(CCc2c(-c3ccc(OCCN4CCCC4)cc3)sc3ccccc23)cc1. The molecule has 39 heavy (non-hydrogen) atoms. The fraction of sp³-hybridized carbons (Fsp3) is 0.364. The van der Waals surface area contributed by atoms with Gasteiger partial charge in [-0.2, -0.15) is 0 Å². The van der Waals surface area contributed by atoms with Crippen molar-refractivity contribution in [3.63, 3.8) is 0 Å². The van der Waals surface area contributed by atoms with E-state index in [0.29, 0.717) is 13.0 Å². The minimum Gasteiger partial charge on any atom is -0.494 e. The fourth-order valence-electron chi connectivity index (χ4n) is 5.19. The van der Waals surface area contributed by atoms with Crippen LogP contribution in [-0.2, 0) is 17.6 Å². The number of primary amides is 1. The van der Waals surface area contributed by atoms with Crippen LogP contribution in [0.1, 0.15) is 43.2 Å². The van der Waals surface area contributed by atoms with E-state index in [2.05, 4.69) is 65.6 Å². The van der Waals surface area contributed by atoms with Gasteiger partial charge in [0, 0.05) is 22.5 Å². The number of ether oxygens (including phenoxy) is 2. The number of benzene rings is 3. The highest BCUT2D eigenvalue weighted by Gasteiger charge is 2.15. The van der Waals surface area contributed by atoms with Crippen LogP contribution in [0, 0.1) is 0 Å². The predicted molar refractivity (Wildman–Crippen MR) is 161 cm³/mol. The minimum atomic E-state index is -0.254. The number of hydrogen-bond donors (Lipinski definition) is 1. The van der Waals surface area contributed by atoms with Crippen molar-refractivity contribution in [1.29, 1.82) is 0 Å². The number of nitrogens with zero attached hydrogens (tertiary/aromatic N) is 1. The molecular formula is C33H38N2O3S. The maximum absolute atomic E-state index is 10.9. The highest BCUT2D eigenvalue weighted by Crippen LogP contribution is 2.39. The molecule has 2 N–H and O–H groups in total. The second kappa shape index (κ2) is 13.6. The summed E-state index contributed by atoms with van der Waals surface area (Å²) < 4.78 is 13.2. The molecule has 1 amide bonds. The molecule has 0 spiro atoms. The van der Waals surface area contributed by atoms with Gasteiger partial charge in [0.2, 0.25) is 5.91 Å². The molecule has 4 aromatic rings. The molecule has 0 saturated carbocycles. The third-order valence-corrected chi connectivity index (χ3v) is 8.63. The van der Waals surface area contributed by atoms with E-state index in [1.165, 1.54) is 57.6 Å². The number of aryl methyl sites for hydroxylation is 2. The second-order valence-corrected chi connectivity index (χ2v) is 11.3. The Balaban J connectivity index is 1.21. The van der Waals surface area contributed by atoms with Crippen LogP contribution >= 0.6 is 11.3 Å². The van der Waals surface area contributed by atoms with E-state index in [9.17, 15) is 4.79 Å². The Hall–Kier alpha value is -3.35. The van der Waals surface area contributed by atoms with Crippen LogP contribution < -0.4 is 15.2 Å². The molecule has 0 radical (unpaired) electrons. The summed E-state index contributed by atoms with van der Waals surface area (Å²) in [5, 5.41) is 1.35. The van der Waals surface area contributed by atoms with Crippen LogP contribution in [0.25, 0.3) is 20.5 Å². The number of amides is 1. The third-order valence-electron chi connectivity index (χ3n) is 7.36. The van der Waals surface area contributed by atoms with Gasteiger partial charge >= 0.3 is 0 Å². The lowest BCUT2D eigenvalue weighted by Crippen LogP contribution is -2.25. The Morgan fingerprint density at radius 2 is 1.51 bits per heavy atom. The monoisotopic (exact) mass is 542 g/mol. The van der Waals surface area contributed by atoms with Crippen molar-refractivity contribution in [2.45, 2.75) is 44.9 Å². The van der Waals surface area contributed by atoms with Gasteiger partial charge < -0.3 is 15.2 Å². The fourth-order valence-corrected chi connectivity index (χ4v) is 6.45. The minimum absolute atomic E-state index is 0.254. The largest absolute Gasteiger partial charge is 0.494 e. The van der Waals surface area contributed by atoms with Gasteiger partial charge in [-0.1, -0.05) is 30.3 Å². The Morgan fingerprint density at radius 1 is 0.821 bits per heavy atom. The standard InChI is InChI=1S/C33H38N2O3S/c34-32(36)9-3-6-23-37-27-15-10-25(11-16-27)12-19-30-29-7-1-2-8-31(29)39-33(30)26-13-17-28(18-14-26)38-24-22-35-20-4-5-21-35/h1-2,7-8,10-11,13-18H,3-6,9,12,19-24H2,(H2,34,36). The van der Waals surface area contributed by atoms with Crippen LogP contribution in [0.15, 0.2) is 72.8 Å². The Kier molecular flexibility index (Phi) is 9.52. The van der Waals surface area contributed by atoms with E-state index in [1.54, 1.807) is 0 Å². The van der Waals surface area contributed by atoms with Crippen molar-refractivity contribution in [3.05, 3.63) is 83.9 Å². The van der Waals surface area contributed by atoms with Gasteiger partial charge in [-0.05, 0) is 116 Å². The van der Waals surface area contributed by atoms with Crippen molar-refractivity contribution < 1.29 is 14.3 Å². The number of thiophene rings is 1. The molecule has 6 heteroatoms. The maximum Gasteiger partial charge on any atom is 0.217 e. The Morgan fingerprint density at radius 3 is 2.26 bits per heavy atom. The number of rotatable bonds is 14. The van der Waals surface area contributed by atoms with Crippen molar-refractivity contribution in [2.24, 2.45) is 5.73 Å². The van der Waals surface area contributed by atoms with Crippen LogP contribution in [-0.4, -0.2) is 43.7 Å². The lowest BCUT2D eigenvalue weighted by atomic mass is 9.99. The van der Waals surface area contributed by atoms with Crippen molar-refractivity contribution in [1.82, 2.24) is 4.90 Å². The third kappa shape index (κ3) is 7.61. The van der Waals surface area contributed by atoms with Gasteiger partial charge in [-0.3, -0.25) is 9.69 Å². The molecule has 2 heterocycles. The van der Waals surface area contributed by atoms with Gasteiger partial charge in [0.15, 0.2) is 0 Å². The molecule has 3 aromatic carbocycles. The van der Waals surface area contributed by atoms with Gasteiger partial charge in [0.25, 0.3) is 0 Å². The number of hydrogen-bond acceptors (Lipinski definition) is 5. The molecule has 0 bridgehead atoms. The summed E-state index contributed by atoms with van der Waals surface area (Å²) in [6.07, 6.45) is 6.56. The van der Waals surface area contributed by atoms with Crippen LogP contribution in [0.2, 0.25) is 0 Å². The summed E-state index contributed by atoms with van der Waals surface area (Å²) >= 11 is 1.87. The molecular weight excluding hydrogens is 504 g/mol. The highest BCUT2D eigenvalue weighted by atomic mass is 32.1. The van der Waals surface area contributed by atoms with E-state index in [0.717, 1.165) is 50.3 Å². The number of nitrogens with two attached hydrogens (primary N) is 1. The zero-order valence-electron chi connectivity index (χ0n) is 22.6. The molecule has 1 aliphatic rings. The number of fused-ring (bicyclic) bond motifs is 1. The molecule has 0 atom stereocenters. The molecule has 5 nitrogen and oxygen atoms in total. The van der Waals surface area contributed by atoms with Crippen LogP contribution in [0.4, 0.5) is 0 Å². The lowest BCUT2D eigenvalue weighted by molar-refractivity contribution is -0.118. The zero-order valence-corrected chi connectivity index (χ0v) is 23.4. The molecule has 204 valence electrons. The highest BCUT2D eigenvalue weighted by molar-refractivity contribution is 7.22.